The Morgan fingerprint density at radius 3 is 2.56 bits per heavy atom. The van der Waals surface area contributed by atoms with E-state index < -0.39 is 5.97 Å². The number of benzene rings is 1. The molecule has 1 fully saturated rings. The third kappa shape index (κ3) is 3.51. The maximum absolute atomic E-state index is 10.3. The third-order valence-electron chi connectivity index (χ3n) is 2.82. The quantitative estimate of drug-likeness (QED) is 0.760. The zero-order chi connectivity index (χ0) is 12.8. The molecule has 0 aliphatic carbocycles. The number of carboxylic acid groups (broad SMARTS) is 1. The molecule has 0 radical (unpaired) electrons. The normalized spacial score (nSPS) is 14.8. The largest absolute Gasteiger partial charge is 0.481 e. The molecule has 2 rings (SSSR count). The molecule has 1 aliphatic heterocycles. The lowest BCUT2D eigenvalue weighted by atomic mass is 10.2. The van der Waals surface area contributed by atoms with Crippen molar-refractivity contribution in [2.75, 3.05) is 31.1 Å². The maximum atomic E-state index is 10.3. The van der Waals surface area contributed by atoms with Crippen molar-refractivity contribution < 1.29 is 9.90 Å². The van der Waals surface area contributed by atoms with Crippen LogP contribution in [-0.2, 0) is 4.79 Å². The van der Waals surface area contributed by atoms with Crippen molar-refractivity contribution in [3.63, 3.8) is 0 Å². The van der Waals surface area contributed by atoms with E-state index in [0.29, 0.717) is 0 Å². The van der Waals surface area contributed by atoms with Crippen molar-refractivity contribution in [2.45, 2.75) is 6.42 Å². The number of anilines is 1. The molecular weight excluding hydrogens is 228 g/mol. The molecule has 0 amide bonds. The van der Waals surface area contributed by atoms with E-state index in [-0.39, 0.29) is 6.42 Å². The molecule has 4 nitrogen and oxygen atoms in total. The van der Waals surface area contributed by atoms with Crippen LogP contribution in [0.4, 0.5) is 5.69 Å². The first-order chi connectivity index (χ1) is 8.75. The summed E-state index contributed by atoms with van der Waals surface area (Å²) in [6.07, 6.45) is -0.112. The highest BCUT2D eigenvalue weighted by atomic mass is 16.4. The molecule has 2 N–H and O–H groups in total. The highest BCUT2D eigenvalue weighted by molar-refractivity contribution is 5.70. The number of hydrogen-bond acceptors (Lipinski definition) is 3. The molecule has 1 aliphatic rings. The van der Waals surface area contributed by atoms with Gasteiger partial charge in [0.2, 0.25) is 0 Å². The Bertz CT molecular complexity index is 465. The monoisotopic (exact) mass is 244 g/mol. The van der Waals surface area contributed by atoms with E-state index in [1.807, 2.05) is 24.3 Å². The summed E-state index contributed by atoms with van der Waals surface area (Å²) in [7, 11) is 0. The highest BCUT2D eigenvalue weighted by Crippen LogP contribution is 2.15. The third-order valence-corrected chi connectivity index (χ3v) is 2.82. The Morgan fingerprint density at radius 1 is 1.28 bits per heavy atom. The first kappa shape index (κ1) is 12.5. The van der Waals surface area contributed by atoms with Crippen LogP contribution in [0.3, 0.4) is 0 Å². The van der Waals surface area contributed by atoms with Crippen LogP contribution < -0.4 is 10.2 Å². The van der Waals surface area contributed by atoms with Crippen molar-refractivity contribution in [1.82, 2.24) is 5.32 Å². The standard InChI is InChI=1S/C14H16N2O2/c17-14(18)3-1-2-12-4-6-13(7-5-12)16-10-8-15-9-11-16/h4-7,15H,3,8-11H2,(H,17,18). The van der Waals surface area contributed by atoms with Gasteiger partial charge in [-0.2, -0.15) is 0 Å². The fourth-order valence-corrected chi connectivity index (χ4v) is 1.90. The van der Waals surface area contributed by atoms with Crippen molar-refractivity contribution in [3.8, 4) is 11.8 Å². The maximum Gasteiger partial charge on any atom is 0.315 e. The molecule has 0 spiro atoms. The van der Waals surface area contributed by atoms with Gasteiger partial charge in [-0.25, -0.2) is 0 Å². The van der Waals surface area contributed by atoms with Crippen molar-refractivity contribution >= 4 is 11.7 Å². The summed E-state index contributed by atoms with van der Waals surface area (Å²) in [6.45, 7) is 4.06. The minimum atomic E-state index is -0.889. The summed E-state index contributed by atoms with van der Waals surface area (Å²) >= 11 is 0. The van der Waals surface area contributed by atoms with Gasteiger partial charge in [-0.05, 0) is 24.3 Å². The first-order valence-corrected chi connectivity index (χ1v) is 6.02. The average Bonchev–Trinajstić information content (AvgIpc) is 2.40. The van der Waals surface area contributed by atoms with Crippen LogP contribution >= 0.6 is 0 Å². The molecule has 1 heterocycles. The van der Waals surface area contributed by atoms with Gasteiger partial charge in [0, 0.05) is 37.4 Å². The highest BCUT2D eigenvalue weighted by Gasteiger charge is 2.09. The molecule has 0 aromatic heterocycles. The van der Waals surface area contributed by atoms with E-state index >= 15 is 0 Å². The molecule has 0 saturated carbocycles. The second-order valence-corrected chi connectivity index (χ2v) is 4.16. The van der Waals surface area contributed by atoms with Gasteiger partial charge in [0.15, 0.2) is 0 Å². The smallest absolute Gasteiger partial charge is 0.315 e. The summed E-state index contributed by atoms with van der Waals surface area (Å²) < 4.78 is 0. The van der Waals surface area contributed by atoms with Crippen molar-refractivity contribution in [2.24, 2.45) is 0 Å². The fourth-order valence-electron chi connectivity index (χ4n) is 1.90. The predicted octanol–water partition coefficient (Wildman–Crippen LogP) is 0.922. The molecule has 18 heavy (non-hydrogen) atoms. The molecule has 0 atom stereocenters. The first-order valence-electron chi connectivity index (χ1n) is 6.02. The van der Waals surface area contributed by atoms with E-state index in [2.05, 4.69) is 22.1 Å². The Kier molecular flexibility index (Phi) is 4.21. The van der Waals surface area contributed by atoms with E-state index in [1.54, 1.807) is 0 Å². The molecule has 1 saturated heterocycles. The molecule has 1 aromatic carbocycles. The summed E-state index contributed by atoms with van der Waals surface area (Å²) in [5.41, 5.74) is 2.05. The summed E-state index contributed by atoms with van der Waals surface area (Å²) in [6, 6.07) is 7.95. The number of nitrogens with zero attached hydrogens (tertiary/aromatic N) is 1. The topological polar surface area (TPSA) is 52.6 Å². The molecular formula is C14H16N2O2. The van der Waals surface area contributed by atoms with Gasteiger partial charge < -0.3 is 15.3 Å². The average molecular weight is 244 g/mol. The Balaban J connectivity index is 1.99. The van der Waals surface area contributed by atoms with Crippen LogP contribution in [-0.4, -0.2) is 37.3 Å². The van der Waals surface area contributed by atoms with E-state index in [0.717, 1.165) is 31.7 Å². The van der Waals surface area contributed by atoms with Crippen LogP contribution in [0, 0.1) is 11.8 Å². The number of carboxylic acids is 1. The fraction of sp³-hybridized carbons (Fsp3) is 0.357. The number of nitrogens with one attached hydrogen (secondary N) is 1. The van der Waals surface area contributed by atoms with Gasteiger partial charge in [-0.1, -0.05) is 11.8 Å². The van der Waals surface area contributed by atoms with Gasteiger partial charge >= 0.3 is 5.97 Å². The Labute approximate surface area is 107 Å². The Hall–Kier alpha value is -1.99. The number of carbonyl (C=O) groups is 1. The van der Waals surface area contributed by atoms with E-state index in [1.165, 1.54) is 5.69 Å². The van der Waals surface area contributed by atoms with Gasteiger partial charge in [0.25, 0.3) is 0 Å². The number of aliphatic carboxylic acids is 1. The second kappa shape index (κ2) is 6.08. The molecule has 0 unspecified atom stereocenters. The summed E-state index contributed by atoms with van der Waals surface area (Å²) in [5.74, 6) is 4.58. The van der Waals surface area contributed by atoms with Crippen LogP contribution in [0.25, 0.3) is 0 Å². The van der Waals surface area contributed by atoms with Gasteiger partial charge in [0.05, 0.1) is 0 Å². The lowest BCUT2D eigenvalue weighted by molar-refractivity contribution is -0.135. The molecule has 1 aromatic rings. The number of hydrogen-bond donors (Lipinski definition) is 2. The number of rotatable bonds is 2. The van der Waals surface area contributed by atoms with Gasteiger partial charge in [-0.3, -0.25) is 4.79 Å². The lowest BCUT2D eigenvalue weighted by Gasteiger charge is -2.29. The number of piperazine rings is 1. The van der Waals surface area contributed by atoms with Gasteiger partial charge in [0.1, 0.15) is 6.42 Å². The predicted molar refractivity (Wildman–Crippen MR) is 70.7 cm³/mol. The van der Waals surface area contributed by atoms with Crippen molar-refractivity contribution in [3.05, 3.63) is 29.8 Å². The SMILES string of the molecule is O=C(O)CC#Cc1ccc(N2CCNCC2)cc1. The van der Waals surface area contributed by atoms with Gasteiger partial charge in [-0.15, -0.1) is 0 Å². The Morgan fingerprint density at radius 2 is 1.94 bits per heavy atom. The second-order valence-electron chi connectivity index (χ2n) is 4.16. The van der Waals surface area contributed by atoms with Crippen molar-refractivity contribution in [1.29, 1.82) is 0 Å². The molecule has 4 heteroatoms. The zero-order valence-electron chi connectivity index (χ0n) is 10.1. The lowest BCUT2D eigenvalue weighted by Crippen LogP contribution is -2.43. The van der Waals surface area contributed by atoms with Crippen LogP contribution in [0.5, 0.6) is 0 Å². The van der Waals surface area contributed by atoms with E-state index in [9.17, 15) is 4.79 Å². The summed E-state index contributed by atoms with van der Waals surface area (Å²) in [4.78, 5) is 12.7. The minimum absolute atomic E-state index is 0.112. The molecule has 0 bridgehead atoms. The zero-order valence-corrected chi connectivity index (χ0v) is 10.1. The van der Waals surface area contributed by atoms with Crippen LogP contribution in [0.1, 0.15) is 12.0 Å². The minimum Gasteiger partial charge on any atom is -0.481 e. The van der Waals surface area contributed by atoms with Crippen LogP contribution in [0.15, 0.2) is 24.3 Å². The van der Waals surface area contributed by atoms with E-state index in [4.69, 9.17) is 5.11 Å². The van der Waals surface area contributed by atoms with Crippen LogP contribution in [0.2, 0.25) is 0 Å². The summed E-state index contributed by atoms with van der Waals surface area (Å²) in [5, 5.41) is 11.8. The molecule has 94 valence electrons.